The molecule has 1 aliphatic rings. The van der Waals surface area contributed by atoms with E-state index in [1.54, 1.807) is 24.2 Å². The smallest absolute Gasteiger partial charge is 0.254 e. The zero-order valence-corrected chi connectivity index (χ0v) is 11.4. The van der Waals surface area contributed by atoms with E-state index in [1.807, 2.05) is 6.92 Å². The maximum Gasteiger partial charge on any atom is 0.254 e. The van der Waals surface area contributed by atoms with Crippen molar-refractivity contribution in [2.24, 2.45) is 13.0 Å². The maximum absolute atomic E-state index is 12.3. The van der Waals surface area contributed by atoms with Crippen molar-refractivity contribution < 1.29 is 9.90 Å². The summed E-state index contributed by atoms with van der Waals surface area (Å²) < 4.78 is 1.44. The summed E-state index contributed by atoms with van der Waals surface area (Å²) in [5.41, 5.74) is 0.240. The molecule has 5 heteroatoms. The lowest BCUT2D eigenvalue weighted by atomic mass is 9.92. The molecule has 0 spiro atoms. The molecule has 2 unspecified atom stereocenters. The van der Waals surface area contributed by atoms with Crippen LogP contribution in [0.5, 0.6) is 0 Å². The van der Waals surface area contributed by atoms with E-state index < -0.39 is 0 Å². The molecule has 2 rings (SSSR count). The van der Waals surface area contributed by atoms with Gasteiger partial charge >= 0.3 is 0 Å². The minimum atomic E-state index is -0.322. The summed E-state index contributed by atoms with van der Waals surface area (Å²) in [7, 11) is 1.65. The highest BCUT2D eigenvalue weighted by atomic mass is 16.3. The first-order chi connectivity index (χ1) is 9.02. The summed E-state index contributed by atoms with van der Waals surface area (Å²) >= 11 is 0. The summed E-state index contributed by atoms with van der Waals surface area (Å²) in [5, 5.41) is 9.83. The van der Waals surface area contributed by atoms with E-state index in [0.717, 1.165) is 6.42 Å². The van der Waals surface area contributed by atoms with Crippen LogP contribution in [0, 0.1) is 5.92 Å². The van der Waals surface area contributed by atoms with E-state index in [9.17, 15) is 14.7 Å². The molecule has 1 aromatic heterocycles. The summed E-state index contributed by atoms with van der Waals surface area (Å²) in [6.45, 7) is 3.12. The van der Waals surface area contributed by atoms with Gasteiger partial charge in [0.05, 0.1) is 6.10 Å². The van der Waals surface area contributed by atoms with Gasteiger partial charge in [-0.2, -0.15) is 0 Å². The predicted molar refractivity (Wildman–Crippen MR) is 72.0 cm³/mol. The van der Waals surface area contributed by atoms with Gasteiger partial charge in [-0.05, 0) is 18.9 Å². The Morgan fingerprint density at radius 2 is 2.26 bits per heavy atom. The van der Waals surface area contributed by atoms with E-state index in [0.29, 0.717) is 25.1 Å². The monoisotopic (exact) mass is 264 g/mol. The van der Waals surface area contributed by atoms with Crippen LogP contribution >= 0.6 is 0 Å². The topological polar surface area (TPSA) is 62.5 Å². The Labute approximate surface area is 112 Å². The van der Waals surface area contributed by atoms with E-state index in [2.05, 4.69) is 0 Å². The third kappa shape index (κ3) is 2.87. The van der Waals surface area contributed by atoms with Crippen molar-refractivity contribution in [1.29, 1.82) is 0 Å². The molecule has 1 amide bonds. The quantitative estimate of drug-likeness (QED) is 0.851. The van der Waals surface area contributed by atoms with Gasteiger partial charge in [-0.1, -0.05) is 6.92 Å². The lowest BCUT2D eigenvalue weighted by molar-refractivity contribution is 0.0229. The number of piperidine rings is 1. The van der Waals surface area contributed by atoms with E-state index in [1.165, 1.54) is 10.6 Å². The summed E-state index contributed by atoms with van der Waals surface area (Å²) in [5.74, 6) is 0.00675. The number of aryl methyl sites for hydroxylation is 1. The van der Waals surface area contributed by atoms with Crippen molar-refractivity contribution in [3.63, 3.8) is 0 Å². The zero-order valence-electron chi connectivity index (χ0n) is 11.4. The molecule has 1 aromatic rings. The van der Waals surface area contributed by atoms with E-state index >= 15 is 0 Å². The average Bonchev–Trinajstić information content (AvgIpc) is 2.41. The van der Waals surface area contributed by atoms with Crippen molar-refractivity contribution in [3.8, 4) is 0 Å². The molecule has 0 aromatic carbocycles. The van der Waals surface area contributed by atoms with Crippen LogP contribution in [0.3, 0.4) is 0 Å². The molecule has 1 N–H and O–H groups in total. The predicted octanol–water partition coefficient (Wildman–Crippen LogP) is 0.618. The number of likely N-dealkylation sites (tertiary alicyclic amines) is 1. The van der Waals surface area contributed by atoms with Gasteiger partial charge in [0, 0.05) is 43.9 Å². The number of nitrogens with zero attached hydrogens (tertiary/aromatic N) is 2. The Balaban J connectivity index is 2.15. The third-order valence-electron chi connectivity index (χ3n) is 3.86. The largest absolute Gasteiger partial charge is 0.393 e. The number of hydrogen-bond donors (Lipinski definition) is 1. The average molecular weight is 264 g/mol. The number of pyridine rings is 1. The molecular formula is C14H20N2O3. The molecule has 2 atom stereocenters. The molecule has 0 saturated carbocycles. The van der Waals surface area contributed by atoms with Crippen LogP contribution in [0.4, 0.5) is 0 Å². The van der Waals surface area contributed by atoms with E-state index in [-0.39, 0.29) is 23.5 Å². The lowest BCUT2D eigenvalue weighted by Gasteiger charge is -2.35. The first-order valence-electron chi connectivity index (χ1n) is 6.67. The minimum absolute atomic E-state index is 0.122. The van der Waals surface area contributed by atoms with Crippen molar-refractivity contribution in [2.45, 2.75) is 25.9 Å². The highest BCUT2D eigenvalue weighted by molar-refractivity contribution is 5.94. The second kappa shape index (κ2) is 5.57. The van der Waals surface area contributed by atoms with Crippen molar-refractivity contribution in [2.75, 3.05) is 13.1 Å². The third-order valence-corrected chi connectivity index (χ3v) is 3.86. The van der Waals surface area contributed by atoms with E-state index in [4.69, 9.17) is 0 Å². The Morgan fingerprint density at radius 1 is 1.53 bits per heavy atom. The summed E-state index contributed by atoms with van der Waals surface area (Å²) in [6, 6.07) is 3.03. The number of rotatable bonds is 2. The first kappa shape index (κ1) is 13.8. The van der Waals surface area contributed by atoms with Crippen LogP contribution in [-0.2, 0) is 7.05 Å². The highest BCUT2D eigenvalue weighted by Gasteiger charge is 2.29. The van der Waals surface area contributed by atoms with Crippen LogP contribution in [0.15, 0.2) is 23.1 Å². The number of aliphatic hydroxyl groups excluding tert-OH is 1. The van der Waals surface area contributed by atoms with Gasteiger partial charge in [0.25, 0.3) is 11.5 Å². The Morgan fingerprint density at radius 3 is 2.89 bits per heavy atom. The number of carbonyl (C=O) groups is 1. The highest BCUT2D eigenvalue weighted by Crippen LogP contribution is 2.21. The molecule has 1 aliphatic heterocycles. The summed E-state index contributed by atoms with van der Waals surface area (Å²) in [6.07, 6.45) is 2.74. The molecule has 0 bridgehead atoms. The molecule has 104 valence electrons. The van der Waals surface area contributed by atoms with Gasteiger partial charge in [0.2, 0.25) is 0 Å². The van der Waals surface area contributed by atoms with Crippen molar-refractivity contribution in [3.05, 3.63) is 34.2 Å². The number of aromatic nitrogens is 1. The van der Waals surface area contributed by atoms with Gasteiger partial charge < -0.3 is 14.6 Å². The van der Waals surface area contributed by atoms with Gasteiger partial charge in [-0.25, -0.2) is 0 Å². The summed E-state index contributed by atoms with van der Waals surface area (Å²) in [4.78, 5) is 25.6. The van der Waals surface area contributed by atoms with Gasteiger partial charge in [-0.15, -0.1) is 0 Å². The first-order valence-corrected chi connectivity index (χ1v) is 6.67. The standard InChI is InChI=1S/C14H20N2O3/c1-3-10-9-16(7-5-12(10)17)14(19)11-4-6-15(2)13(18)8-11/h4,6,8,10,12,17H,3,5,7,9H2,1-2H3. The molecule has 2 heterocycles. The lowest BCUT2D eigenvalue weighted by Crippen LogP contribution is -2.46. The molecule has 0 radical (unpaired) electrons. The molecular weight excluding hydrogens is 244 g/mol. The Bertz CT molecular complexity index is 524. The van der Waals surface area contributed by atoms with Gasteiger partial charge in [0.15, 0.2) is 0 Å². The second-order valence-corrected chi connectivity index (χ2v) is 5.14. The molecule has 1 saturated heterocycles. The fraction of sp³-hybridized carbons (Fsp3) is 0.571. The van der Waals surface area contributed by atoms with Gasteiger partial charge in [0.1, 0.15) is 0 Å². The van der Waals surface area contributed by atoms with Crippen LogP contribution in [0.1, 0.15) is 30.1 Å². The Hall–Kier alpha value is -1.62. The number of aliphatic hydroxyl groups is 1. The zero-order chi connectivity index (χ0) is 14.0. The molecule has 1 fully saturated rings. The SMILES string of the molecule is CCC1CN(C(=O)c2ccn(C)c(=O)c2)CCC1O. The fourth-order valence-electron chi connectivity index (χ4n) is 2.47. The number of carbonyl (C=O) groups excluding carboxylic acids is 1. The van der Waals surface area contributed by atoms with Crippen LogP contribution in [0.25, 0.3) is 0 Å². The maximum atomic E-state index is 12.3. The fourth-order valence-corrected chi connectivity index (χ4v) is 2.47. The minimum Gasteiger partial charge on any atom is -0.393 e. The Kier molecular flexibility index (Phi) is 4.04. The normalized spacial score (nSPS) is 23.4. The van der Waals surface area contributed by atoms with Crippen molar-refractivity contribution in [1.82, 2.24) is 9.47 Å². The number of hydrogen-bond acceptors (Lipinski definition) is 3. The molecule has 19 heavy (non-hydrogen) atoms. The van der Waals surface area contributed by atoms with Crippen LogP contribution in [-0.4, -0.2) is 39.7 Å². The van der Waals surface area contributed by atoms with Crippen LogP contribution < -0.4 is 5.56 Å². The molecule has 0 aliphatic carbocycles. The van der Waals surface area contributed by atoms with Crippen molar-refractivity contribution >= 4 is 5.91 Å². The number of amides is 1. The molecule has 5 nitrogen and oxygen atoms in total. The van der Waals surface area contributed by atoms with Gasteiger partial charge in [-0.3, -0.25) is 9.59 Å². The van der Waals surface area contributed by atoms with Crippen LogP contribution in [0.2, 0.25) is 0 Å². The second-order valence-electron chi connectivity index (χ2n) is 5.14.